The number of carbonyl (C=O) groups is 1. The molecule has 0 aromatic carbocycles. The highest BCUT2D eigenvalue weighted by Crippen LogP contribution is 2.34. The number of nitrogens with two attached hydrogens (primary N) is 2. The van der Waals surface area contributed by atoms with Crippen LogP contribution in [0.15, 0.2) is 32.9 Å². The summed E-state index contributed by atoms with van der Waals surface area (Å²) in [6.07, 6.45) is 1.47. The lowest BCUT2D eigenvalue weighted by molar-refractivity contribution is -0.0765. The normalized spacial score (nSPS) is 12.4. The van der Waals surface area contributed by atoms with E-state index < -0.39 is 12.3 Å². The molecule has 46 heavy (non-hydrogen) atoms. The quantitative estimate of drug-likeness (QED) is 0.112. The second-order valence-corrected chi connectivity index (χ2v) is 9.42. The number of aliphatic hydroxyl groups is 1. The molecular formula is C24H29N17O5. The number of esters is 1. The van der Waals surface area contributed by atoms with Crippen molar-refractivity contribution in [2.75, 3.05) is 32.8 Å². The number of aryl methyl sites for hydroxylation is 4. The fourth-order valence-electron chi connectivity index (χ4n) is 4.11. The summed E-state index contributed by atoms with van der Waals surface area (Å²) in [4.78, 5) is 25.1. The number of hydrogen-bond acceptors (Lipinski definition) is 18. The molecule has 0 radical (unpaired) electrons. The van der Waals surface area contributed by atoms with Crippen LogP contribution in [-0.2, 0) is 23.6 Å². The maximum absolute atomic E-state index is 12.1. The number of hydrogen-bond donors (Lipinski definition) is 3. The van der Waals surface area contributed by atoms with Crippen LogP contribution in [0.4, 0.5) is 34.6 Å². The smallest absolute Gasteiger partial charge is 0.343 e. The minimum atomic E-state index is -1.26. The minimum Gasteiger partial charge on any atom is -0.467 e. The van der Waals surface area contributed by atoms with Crippen molar-refractivity contribution in [3.63, 3.8) is 0 Å². The van der Waals surface area contributed by atoms with E-state index in [0.717, 1.165) is 0 Å². The standard InChI is InChI=1S/C24H29N17O5/c1-10-14(32-34-18-12(20(42)44-5)8-27-38(18)3)16(25)40(36-10)22-29-23(31-24(30-22)46-7)41-17(26)15(11(2)37-41)33-35-19-13(21(43)45-6)9-28-39(19)4/h8-9,20,42H,25-26H2,1-7H3. The molecule has 0 fully saturated rings. The maximum atomic E-state index is 12.1. The summed E-state index contributed by atoms with van der Waals surface area (Å²) in [6.45, 7) is 3.31. The molecule has 0 spiro atoms. The molecule has 5 aromatic rings. The first-order valence-corrected chi connectivity index (χ1v) is 13.2. The minimum absolute atomic E-state index is 0.0200. The van der Waals surface area contributed by atoms with E-state index in [0.29, 0.717) is 17.0 Å². The van der Waals surface area contributed by atoms with Crippen molar-refractivity contribution < 1.29 is 24.1 Å². The number of carbonyl (C=O) groups excluding carboxylic acids is 1. The van der Waals surface area contributed by atoms with Crippen molar-refractivity contribution in [1.82, 2.24) is 54.1 Å². The van der Waals surface area contributed by atoms with Crippen LogP contribution in [0, 0.1) is 13.8 Å². The molecule has 240 valence electrons. The fourth-order valence-corrected chi connectivity index (χ4v) is 4.11. The molecule has 0 bridgehead atoms. The first-order valence-electron chi connectivity index (χ1n) is 13.2. The van der Waals surface area contributed by atoms with Crippen LogP contribution in [0.3, 0.4) is 0 Å². The number of ether oxygens (including phenoxy) is 3. The van der Waals surface area contributed by atoms with Gasteiger partial charge in [0.15, 0.2) is 40.9 Å². The first kappa shape index (κ1) is 31.3. The molecule has 0 saturated heterocycles. The van der Waals surface area contributed by atoms with Gasteiger partial charge < -0.3 is 30.8 Å². The van der Waals surface area contributed by atoms with Gasteiger partial charge in [0.2, 0.25) is 0 Å². The van der Waals surface area contributed by atoms with E-state index in [1.165, 1.54) is 52.5 Å². The molecule has 1 atom stereocenters. The zero-order valence-electron chi connectivity index (χ0n) is 25.7. The van der Waals surface area contributed by atoms with E-state index in [2.05, 4.69) is 55.8 Å². The highest BCUT2D eigenvalue weighted by molar-refractivity contribution is 5.93. The summed E-state index contributed by atoms with van der Waals surface area (Å²) in [5, 5.41) is 43.9. The molecular weight excluding hydrogens is 606 g/mol. The van der Waals surface area contributed by atoms with Crippen molar-refractivity contribution in [2.45, 2.75) is 20.1 Å². The Bertz CT molecular complexity index is 1980. The average Bonchev–Trinajstić information content (AvgIpc) is 3.77. The number of aliphatic hydroxyl groups excluding tert-OH is 1. The van der Waals surface area contributed by atoms with Gasteiger partial charge >= 0.3 is 12.0 Å². The lowest BCUT2D eigenvalue weighted by Crippen LogP contribution is -2.14. The van der Waals surface area contributed by atoms with Crippen LogP contribution in [-0.4, -0.2) is 86.5 Å². The number of aromatic nitrogens is 11. The Hall–Kier alpha value is -6.16. The third-order valence-corrected chi connectivity index (χ3v) is 6.51. The zero-order valence-corrected chi connectivity index (χ0v) is 25.7. The van der Waals surface area contributed by atoms with Gasteiger partial charge in [0, 0.05) is 21.2 Å². The molecule has 1 unspecified atom stereocenters. The van der Waals surface area contributed by atoms with Gasteiger partial charge in [0.05, 0.1) is 43.6 Å². The Labute approximate surface area is 259 Å². The van der Waals surface area contributed by atoms with E-state index in [-0.39, 0.29) is 58.1 Å². The largest absolute Gasteiger partial charge is 0.467 e. The highest BCUT2D eigenvalue weighted by atomic mass is 16.6. The van der Waals surface area contributed by atoms with Gasteiger partial charge in [-0.3, -0.25) is 0 Å². The molecule has 0 amide bonds. The fraction of sp³-hybridized carbons (Fsp3) is 0.333. The van der Waals surface area contributed by atoms with E-state index in [1.807, 2.05) is 0 Å². The molecule has 0 aliphatic heterocycles. The molecule has 0 aliphatic carbocycles. The van der Waals surface area contributed by atoms with Crippen molar-refractivity contribution in [2.24, 2.45) is 34.6 Å². The van der Waals surface area contributed by atoms with Gasteiger partial charge in [-0.05, 0) is 13.8 Å². The lowest BCUT2D eigenvalue weighted by atomic mass is 10.3. The number of rotatable bonds is 10. The Balaban J connectivity index is 1.52. The van der Waals surface area contributed by atoms with E-state index in [9.17, 15) is 9.90 Å². The number of anilines is 2. The zero-order chi connectivity index (χ0) is 33.3. The van der Waals surface area contributed by atoms with Gasteiger partial charge in [0.25, 0.3) is 11.9 Å². The number of nitrogen functional groups attached to an aromatic ring is 2. The van der Waals surface area contributed by atoms with E-state index in [4.69, 9.17) is 25.7 Å². The van der Waals surface area contributed by atoms with Gasteiger partial charge in [-0.2, -0.15) is 44.7 Å². The molecule has 5 rings (SSSR count). The number of nitrogens with zero attached hydrogens (tertiary/aromatic N) is 15. The second kappa shape index (κ2) is 12.4. The third kappa shape index (κ3) is 5.59. The molecule has 5 aromatic heterocycles. The van der Waals surface area contributed by atoms with Crippen LogP contribution in [0.2, 0.25) is 0 Å². The predicted octanol–water partition coefficient (Wildman–Crippen LogP) is 1.75. The first-order chi connectivity index (χ1) is 22.0. The monoisotopic (exact) mass is 635 g/mol. The molecule has 5 heterocycles. The Kier molecular flexibility index (Phi) is 8.46. The third-order valence-electron chi connectivity index (χ3n) is 6.51. The highest BCUT2D eigenvalue weighted by Gasteiger charge is 2.23. The van der Waals surface area contributed by atoms with Crippen molar-refractivity contribution >= 4 is 40.6 Å². The van der Waals surface area contributed by atoms with Gasteiger partial charge in [-0.1, -0.05) is 0 Å². The Morgan fingerprint density at radius 3 is 1.87 bits per heavy atom. The lowest BCUT2D eigenvalue weighted by Gasteiger charge is -2.08. The molecule has 22 heteroatoms. The maximum Gasteiger partial charge on any atom is 0.343 e. The van der Waals surface area contributed by atoms with Crippen LogP contribution in [0.1, 0.15) is 33.6 Å². The molecule has 5 N–H and O–H groups in total. The Morgan fingerprint density at radius 2 is 1.35 bits per heavy atom. The summed E-state index contributed by atoms with van der Waals surface area (Å²) in [7, 11) is 7.18. The summed E-state index contributed by atoms with van der Waals surface area (Å²) < 4.78 is 20.2. The van der Waals surface area contributed by atoms with Crippen molar-refractivity contribution in [1.29, 1.82) is 0 Å². The predicted molar refractivity (Wildman–Crippen MR) is 157 cm³/mol. The van der Waals surface area contributed by atoms with Crippen molar-refractivity contribution in [3.05, 3.63) is 34.9 Å². The Morgan fingerprint density at radius 1 is 0.826 bits per heavy atom. The van der Waals surface area contributed by atoms with Crippen LogP contribution in [0.5, 0.6) is 6.01 Å². The van der Waals surface area contributed by atoms with Gasteiger partial charge in [0.1, 0.15) is 5.56 Å². The van der Waals surface area contributed by atoms with Crippen molar-refractivity contribution in [3.8, 4) is 17.9 Å². The van der Waals surface area contributed by atoms with Crippen LogP contribution in [0.25, 0.3) is 11.9 Å². The summed E-state index contributed by atoms with van der Waals surface area (Å²) >= 11 is 0. The average molecular weight is 636 g/mol. The van der Waals surface area contributed by atoms with Crippen LogP contribution >= 0.6 is 0 Å². The summed E-state index contributed by atoms with van der Waals surface area (Å²) in [5.74, 6) is -0.282. The number of methoxy groups -OCH3 is 3. The molecule has 22 nitrogen and oxygen atoms in total. The molecule has 0 saturated carbocycles. The summed E-state index contributed by atoms with van der Waals surface area (Å²) in [6, 6.07) is -0.0999. The summed E-state index contributed by atoms with van der Waals surface area (Å²) in [5.41, 5.74) is 14.4. The van der Waals surface area contributed by atoms with E-state index in [1.54, 1.807) is 27.9 Å². The SMILES string of the molecule is COC(=O)c1cnn(C)c1N=Nc1c(C)nn(-c2nc(OC)nc(-n3nc(C)c(N=Nc4c(C(O)OC)cnn4C)c3N)n2)c1N. The number of azo groups is 2. The van der Waals surface area contributed by atoms with Gasteiger partial charge in [-0.25, -0.2) is 14.2 Å². The van der Waals surface area contributed by atoms with E-state index >= 15 is 0 Å². The van der Waals surface area contributed by atoms with Crippen LogP contribution < -0.4 is 16.2 Å². The topological polar surface area (TPSA) is 276 Å². The second-order valence-electron chi connectivity index (χ2n) is 9.42. The van der Waals surface area contributed by atoms with Gasteiger partial charge in [-0.15, -0.1) is 20.5 Å². The molecule has 0 aliphatic rings.